The fraction of sp³-hybridized carbons (Fsp3) is 0.462. The maximum Gasteiger partial charge on any atom is 0.374 e. The van der Waals surface area contributed by atoms with Crippen LogP contribution in [0.2, 0.25) is 0 Å². The van der Waals surface area contributed by atoms with E-state index in [0.717, 1.165) is 0 Å². The first-order valence-corrected chi connectivity index (χ1v) is 6.01. The maximum absolute atomic E-state index is 11.8. The Morgan fingerprint density at radius 2 is 1.70 bits per heavy atom. The molecule has 110 valence electrons. The van der Waals surface area contributed by atoms with Crippen molar-refractivity contribution in [3.05, 3.63) is 17.4 Å². The van der Waals surface area contributed by atoms with E-state index in [4.69, 9.17) is 18.9 Å². The normalized spacial score (nSPS) is 9.65. The Labute approximate surface area is 117 Å². The molecule has 20 heavy (non-hydrogen) atoms. The average molecular weight is 282 g/mol. The molecule has 0 radical (unpaired) electrons. The zero-order valence-electron chi connectivity index (χ0n) is 12.2. The summed E-state index contributed by atoms with van der Waals surface area (Å²) in [6.07, 6.45) is 0. The highest BCUT2D eigenvalue weighted by atomic mass is 16.6. The highest BCUT2D eigenvalue weighted by Crippen LogP contribution is 2.21. The molecule has 0 amide bonds. The number of carbonyl (C=O) groups excluding carboxylic acids is 1. The molecule has 0 fully saturated rings. The van der Waals surface area contributed by atoms with E-state index in [1.54, 1.807) is 20.8 Å². The van der Waals surface area contributed by atoms with Crippen molar-refractivity contribution < 1.29 is 23.7 Å². The molecule has 0 saturated heterocycles. The van der Waals surface area contributed by atoms with E-state index < -0.39 is 5.97 Å². The van der Waals surface area contributed by atoms with Crippen LogP contribution < -0.4 is 14.2 Å². The molecule has 0 aromatic carbocycles. The third-order valence-electron chi connectivity index (χ3n) is 2.19. The lowest BCUT2D eigenvalue weighted by Crippen LogP contribution is -2.15. The van der Waals surface area contributed by atoms with Crippen LogP contribution in [0.3, 0.4) is 0 Å². The van der Waals surface area contributed by atoms with Crippen molar-refractivity contribution in [1.29, 1.82) is 0 Å². The molecule has 7 nitrogen and oxygen atoms in total. The van der Waals surface area contributed by atoms with Gasteiger partial charge in [-0.3, -0.25) is 0 Å². The molecule has 0 aliphatic carbocycles. The van der Waals surface area contributed by atoms with Gasteiger partial charge in [0, 0.05) is 0 Å². The monoisotopic (exact) mass is 282 g/mol. The number of esters is 1. The van der Waals surface area contributed by atoms with Gasteiger partial charge in [0.15, 0.2) is 0 Å². The predicted octanol–water partition coefficient (Wildman–Crippen LogP) is 1.73. The minimum atomic E-state index is -0.571. The third-order valence-corrected chi connectivity index (χ3v) is 2.19. The zero-order valence-corrected chi connectivity index (χ0v) is 12.2. The van der Waals surface area contributed by atoms with Gasteiger partial charge < -0.3 is 18.9 Å². The summed E-state index contributed by atoms with van der Waals surface area (Å²) >= 11 is 0. The molecule has 1 heterocycles. The summed E-state index contributed by atoms with van der Waals surface area (Å²) in [6, 6.07) is 1.45. The maximum atomic E-state index is 11.8. The summed E-state index contributed by atoms with van der Waals surface area (Å²) in [6.45, 7) is 5.42. The van der Waals surface area contributed by atoms with Crippen molar-refractivity contribution in [2.75, 3.05) is 20.8 Å². The summed E-state index contributed by atoms with van der Waals surface area (Å²) in [7, 11) is 2.91. The molecule has 1 aromatic rings. The average Bonchev–Trinajstić information content (AvgIpc) is 2.44. The molecule has 0 atom stereocenters. The number of methoxy groups -OCH3 is 2. The quantitative estimate of drug-likeness (QED) is 0.446. The predicted molar refractivity (Wildman–Crippen MR) is 70.8 cm³/mol. The topological polar surface area (TPSA) is 79.8 Å². The number of hydrogen-bond donors (Lipinski definition) is 0. The summed E-state index contributed by atoms with van der Waals surface area (Å²) in [5.74, 6) is 0.00710. The van der Waals surface area contributed by atoms with Crippen molar-refractivity contribution >= 4 is 5.97 Å². The lowest BCUT2D eigenvalue weighted by atomic mass is 10.3. The fourth-order valence-corrected chi connectivity index (χ4v) is 1.27. The van der Waals surface area contributed by atoms with Crippen molar-refractivity contribution in [3.63, 3.8) is 0 Å². The number of nitrogens with zero attached hydrogens (tertiary/aromatic N) is 2. The van der Waals surface area contributed by atoms with Crippen LogP contribution in [0.15, 0.2) is 17.4 Å². The van der Waals surface area contributed by atoms with Crippen molar-refractivity contribution in [2.24, 2.45) is 0 Å². The summed E-state index contributed by atoms with van der Waals surface area (Å²) in [5, 5.41) is 0. The molecule has 0 unspecified atom stereocenters. The van der Waals surface area contributed by atoms with Gasteiger partial charge in [-0.05, 0) is 26.3 Å². The van der Waals surface area contributed by atoms with Crippen LogP contribution in [0.1, 0.15) is 20.8 Å². The first-order valence-electron chi connectivity index (χ1n) is 6.01. The summed E-state index contributed by atoms with van der Waals surface area (Å²) < 4.78 is 20.3. The molecule has 0 aliphatic heterocycles. The Morgan fingerprint density at radius 1 is 1.15 bits per heavy atom. The van der Waals surface area contributed by atoms with E-state index in [0.29, 0.717) is 5.57 Å². The van der Waals surface area contributed by atoms with Crippen LogP contribution in [0.25, 0.3) is 0 Å². The van der Waals surface area contributed by atoms with E-state index in [-0.39, 0.29) is 30.1 Å². The third kappa shape index (κ3) is 4.11. The van der Waals surface area contributed by atoms with E-state index in [1.807, 2.05) is 0 Å². The molecule has 0 aliphatic rings. The van der Waals surface area contributed by atoms with Crippen LogP contribution in [-0.4, -0.2) is 36.8 Å². The van der Waals surface area contributed by atoms with Gasteiger partial charge in [0.2, 0.25) is 17.5 Å². The molecular formula is C13H18N2O5. The van der Waals surface area contributed by atoms with E-state index in [1.165, 1.54) is 20.3 Å². The minimum Gasteiger partial charge on any atom is -0.481 e. The SMILES string of the molecule is CCOC(=O)C(Oc1nc(OC)cc(OC)n1)=C(C)C. The highest BCUT2D eigenvalue weighted by molar-refractivity contribution is 5.87. The number of ether oxygens (including phenoxy) is 4. The van der Waals surface area contributed by atoms with Crippen LogP contribution >= 0.6 is 0 Å². The molecule has 0 spiro atoms. The largest absolute Gasteiger partial charge is 0.481 e. The number of hydrogen-bond acceptors (Lipinski definition) is 7. The Morgan fingerprint density at radius 3 is 2.10 bits per heavy atom. The molecule has 0 saturated carbocycles. The molecule has 7 heteroatoms. The van der Waals surface area contributed by atoms with Gasteiger partial charge >= 0.3 is 12.0 Å². The number of aromatic nitrogens is 2. The fourth-order valence-electron chi connectivity index (χ4n) is 1.27. The summed E-state index contributed by atoms with van der Waals surface area (Å²) in [5.41, 5.74) is 0.647. The van der Waals surface area contributed by atoms with Crippen molar-refractivity contribution in [2.45, 2.75) is 20.8 Å². The highest BCUT2D eigenvalue weighted by Gasteiger charge is 2.18. The van der Waals surface area contributed by atoms with Crippen LogP contribution in [0.5, 0.6) is 17.8 Å². The Hall–Kier alpha value is -2.31. The van der Waals surface area contributed by atoms with E-state index >= 15 is 0 Å². The lowest BCUT2D eigenvalue weighted by Gasteiger charge is -2.11. The van der Waals surface area contributed by atoms with Crippen LogP contribution in [-0.2, 0) is 9.53 Å². The van der Waals surface area contributed by atoms with E-state index in [2.05, 4.69) is 9.97 Å². The van der Waals surface area contributed by atoms with Crippen molar-refractivity contribution in [3.8, 4) is 17.8 Å². The molecule has 1 aromatic heterocycles. The first kappa shape index (κ1) is 15.7. The van der Waals surface area contributed by atoms with Gasteiger partial charge in [0.1, 0.15) is 0 Å². The second kappa shape index (κ2) is 7.32. The van der Waals surface area contributed by atoms with Gasteiger partial charge in [-0.2, -0.15) is 9.97 Å². The van der Waals surface area contributed by atoms with E-state index in [9.17, 15) is 4.79 Å². The van der Waals surface area contributed by atoms with Gasteiger partial charge in [0.05, 0.1) is 26.9 Å². The molecule has 0 bridgehead atoms. The van der Waals surface area contributed by atoms with Gasteiger partial charge in [-0.15, -0.1) is 0 Å². The second-order valence-electron chi connectivity index (χ2n) is 3.89. The Balaban J connectivity index is 3.06. The molecule has 1 rings (SSSR count). The number of carbonyl (C=O) groups is 1. The second-order valence-corrected chi connectivity index (χ2v) is 3.89. The van der Waals surface area contributed by atoms with Gasteiger partial charge in [0.25, 0.3) is 0 Å². The van der Waals surface area contributed by atoms with Crippen LogP contribution in [0, 0.1) is 0 Å². The number of rotatable bonds is 6. The number of allylic oxidation sites excluding steroid dienone is 1. The Bertz CT molecular complexity index is 487. The summed E-state index contributed by atoms with van der Waals surface area (Å²) in [4.78, 5) is 19.7. The van der Waals surface area contributed by atoms with Gasteiger partial charge in [-0.1, -0.05) is 0 Å². The lowest BCUT2D eigenvalue weighted by molar-refractivity contribution is -0.141. The van der Waals surface area contributed by atoms with Gasteiger partial charge in [-0.25, -0.2) is 4.79 Å². The molecular weight excluding hydrogens is 264 g/mol. The minimum absolute atomic E-state index is 0.0437. The first-order chi connectivity index (χ1) is 9.51. The van der Waals surface area contributed by atoms with Crippen LogP contribution in [0.4, 0.5) is 0 Å². The van der Waals surface area contributed by atoms with Crippen molar-refractivity contribution in [1.82, 2.24) is 9.97 Å². The zero-order chi connectivity index (χ0) is 15.1. The molecule has 0 N–H and O–H groups in total. The smallest absolute Gasteiger partial charge is 0.374 e. The Kier molecular flexibility index (Phi) is 5.76. The standard InChI is InChI=1S/C13H18N2O5/c1-6-19-12(16)11(8(2)3)20-13-14-9(17-4)7-10(15-13)18-5/h7H,6H2,1-5H3.